The van der Waals surface area contributed by atoms with Crippen LogP contribution in [-0.4, -0.2) is 24.7 Å². The number of hydrogen-bond acceptors (Lipinski definition) is 2. The molecule has 0 aliphatic rings. The van der Waals surface area contributed by atoms with Crippen molar-refractivity contribution in [2.24, 2.45) is 0 Å². The number of rotatable bonds is 8. The highest BCUT2D eigenvalue weighted by atomic mass is 16.4. The van der Waals surface area contributed by atoms with E-state index in [9.17, 15) is 4.79 Å². The smallest absolute Gasteiger partial charge is 0.303 e. The van der Waals surface area contributed by atoms with Gasteiger partial charge in [0.1, 0.15) is 0 Å². The molecule has 0 unspecified atom stereocenters. The van der Waals surface area contributed by atoms with Crippen molar-refractivity contribution >= 4 is 5.97 Å². The maximum atomic E-state index is 10.1. The molecular formula is C9H19NO2. The summed E-state index contributed by atoms with van der Waals surface area (Å²) in [6.07, 6.45) is 5.77. The number of aliphatic carboxylic acids is 1. The standard InChI is InChI=1S/C9H19NO2/c1-10-8-6-4-2-3-5-7-9(11)12/h10H,2-8H2,1H3,(H,11,12). The van der Waals surface area contributed by atoms with E-state index in [1.165, 1.54) is 12.8 Å². The van der Waals surface area contributed by atoms with Crippen LogP contribution in [0.25, 0.3) is 0 Å². The Hall–Kier alpha value is -0.570. The fourth-order valence-corrected chi connectivity index (χ4v) is 1.11. The second kappa shape index (κ2) is 8.53. The van der Waals surface area contributed by atoms with Gasteiger partial charge in [-0.3, -0.25) is 4.79 Å². The molecule has 12 heavy (non-hydrogen) atoms. The molecule has 0 aliphatic heterocycles. The summed E-state index contributed by atoms with van der Waals surface area (Å²) in [5, 5.41) is 11.4. The Morgan fingerprint density at radius 1 is 1.17 bits per heavy atom. The molecule has 0 spiro atoms. The molecule has 0 amide bonds. The van der Waals surface area contributed by atoms with Gasteiger partial charge in [-0.15, -0.1) is 0 Å². The minimum atomic E-state index is -0.676. The molecule has 3 nitrogen and oxygen atoms in total. The van der Waals surface area contributed by atoms with Gasteiger partial charge in [0, 0.05) is 6.42 Å². The number of nitrogens with one attached hydrogen (secondary N) is 1. The molecule has 0 saturated heterocycles. The Morgan fingerprint density at radius 3 is 2.33 bits per heavy atom. The summed E-state index contributed by atoms with van der Waals surface area (Å²) in [5.74, 6) is -0.676. The van der Waals surface area contributed by atoms with Gasteiger partial charge in [-0.25, -0.2) is 0 Å². The molecule has 72 valence electrons. The molecule has 0 radical (unpaired) electrons. The van der Waals surface area contributed by atoms with Gasteiger partial charge in [0.25, 0.3) is 0 Å². The summed E-state index contributed by atoms with van der Waals surface area (Å²) >= 11 is 0. The zero-order valence-corrected chi connectivity index (χ0v) is 7.81. The van der Waals surface area contributed by atoms with Crippen molar-refractivity contribution in [1.82, 2.24) is 5.32 Å². The van der Waals surface area contributed by atoms with E-state index in [-0.39, 0.29) is 0 Å². The van der Waals surface area contributed by atoms with Crippen molar-refractivity contribution in [3.05, 3.63) is 0 Å². The van der Waals surface area contributed by atoms with Gasteiger partial charge in [0.2, 0.25) is 0 Å². The van der Waals surface area contributed by atoms with E-state index in [0.717, 1.165) is 25.8 Å². The van der Waals surface area contributed by atoms with Crippen molar-refractivity contribution < 1.29 is 9.90 Å². The number of carboxylic acid groups (broad SMARTS) is 1. The Labute approximate surface area is 74.2 Å². The van der Waals surface area contributed by atoms with Crippen LogP contribution in [0.15, 0.2) is 0 Å². The highest BCUT2D eigenvalue weighted by Crippen LogP contribution is 2.04. The van der Waals surface area contributed by atoms with Gasteiger partial charge in [0.15, 0.2) is 0 Å². The van der Waals surface area contributed by atoms with Gasteiger partial charge in [-0.1, -0.05) is 19.3 Å². The summed E-state index contributed by atoms with van der Waals surface area (Å²) in [7, 11) is 1.95. The van der Waals surface area contributed by atoms with E-state index in [0.29, 0.717) is 6.42 Å². The van der Waals surface area contributed by atoms with Crippen LogP contribution >= 0.6 is 0 Å². The molecule has 0 aromatic rings. The average molecular weight is 173 g/mol. The summed E-state index contributed by atoms with van der Waals surface area (Å²) < 4.78 is 0. The first-order valence-corrected chi connectivity index (χ1v) is 4.63. The minimum Gasteiger partial charge on any atom is -0.481 e. The molecule has 0 bridgehead atoms. The fraction of sp³-hybridized carbons (Fsp3) is 0.889. The molecule has 0 heterocycles. The summed E-state index contributed by atoms with van der Waals surface area (Å²) in [6.45, 7) is 1.07. The Balaban J connectivity index is 2.86. The van der Waals surface area contributed by atoms with Gasteiger partial charge in [0.05, 0.1) is 0 Å². The van der Waals surface area contributed by atoms with Crippen molar-refractivity contribution in [3.8, 4) is 0 Å². The monoisotopic (exact) mass is 173 g/mol. The number of carbonyl (C=O) groups is 1. The maximum Gasteiger partial charge on any atom is 0.303 e. The number of carboxylic acids is 1. The highest BCUT2D eigenvalue weighted by Gasteiger charge is 1.95. The van der Waals surface area contributed by atoms with Crippen LogP contribution in [0.3, 0.4) is 0 Å². The van der Waals surface area contributed by atoms with Gasteiger partial charge >= 0.3 is 5.97 Å². The fourth-order valence-electron chi connectivity index (χ4n) is 1.11. The topological polar surface area (TPSA) is 49.3 Å². The largest absolute Gasteiger partial charge is 0.481 e. The van der Waals surface area contributed by atoms with Crippen LogP contribution in [0, 0.1) is 0 Å². The van der Waals surface area contributed by atoms with Gasteiger partial charge in [-0.2, -0.15) is 0 Å². The third kappa shape index (κ3) is 9.43. The van der Waals surface area contributed by atoms with Gasteiger partial charge < -0.3 is 10.4 Å². The molecule has 3 heteroatoms. The van der Waals surface area contributed by atoms with Crippen molar-refractivity contribution in [1.29, 1.82) is 0 Å². The van der Waals surface area contributed by atoms with Gasteiger partial charge in [-0.05, 0) is 26.4 Å². The van der Waals surface area contributed by atoms with Crippen LogP contribution in [-0.2, 0) is 4.79 Å². The predicted octanol–water partition coefficient (Wildman–Crippen LogP) is 1.63. The molecule has 0 fully saturated rings. The van der Waals surface area contributed by atoms with E-state index in [4.69, 9.17) is 5.11 Å². The Bertz CT molecular complexity index is 115. The average Bonchev–Trinajstić information content (AvgIpc) is 2.02. The first-order chi connectivity index (χ1) is 5.77. The molecule has 0 saturated carbocycles. The molecular weight excluding hydrogens is 154 g/mol. The summed E-state index contributed by atoms with van der Waals surface area (Å²) in [5.41, 5.74) is 0. The molecule has 0 rings (SSSR count). The molecule has 0 aromatic heterocycles. The third-order valence-electron chi connectivity index (χ3n) is 1.82. The number of hydrogen-bond donors (Lipinski definition) is 2. The molecule has 0 aromatic carbocycles. The maximum absolute atomic E-state index is 10.1. The van der Waals surface area contributed by atoms with E-state index < -0.39 is 5.97 Å². The Kier molecular flexibility index (Phi) is 8.12. The van der Waals surface area contributed by atoms with Crippen molar-refractivity contribution in [2.45, 2.75) is 38.5 Å². The minimum absolute atomic E-state index is 0.325. The van der Waals surface area contributed by atoms with E-state index >= 15 is 0 Å². The zero-order chi connectivity index (χ0) is 9.23. The van der Waals surface area contributed by atoms with Crippen LogP contribution in [0.4, 0.5) is 0 Å². The normalized spacial score (nSPS) is 10.1. The lowest BCUT2D eigenvalue weighted by molar-refractivity contribution is -0.137. The lowest BCUT2D eigenvalue weighted by Gasteiger charge is -1.99. The van der Waals surface area contributed by atoms with Crippen LogP contribution in [0.1, 0.15) is 38.5 Å². The SMILES string of the molecule is CNCCCCCCCC(=O)O. The predicted molar refractivity (Wildman–Crippen MR) is 49.3 cm³/mol. The lowest BCUT2D eigenvalue weighted by Crippen LogP contribution is -2.06. The first kappa shape index (κ1) is 11.4. The second-order valence-corrected chi connectivity index (χ2v) is 3.02. The molecule has 0 atom stereocenters. The second-order valence-electron chi connectivity index (χ2n) is 3.02. The van der Waals surface area contributed by atoms with Crippen molar-refractivity contribution in [3.63, 3.8) is 0 Å². The molecule has 2 N–H and O–H groups in total. The van der Waals surface area contributed by atoms with E-state index in [2.05, 4.69) is 5.32 Å². The van der Waals surface area contributed by atoms with Crippen LogP contribution in [0.5, 0.6) is 0 Å². The van der Waals surface area contributed by atoms with Crippen molar-refractivity contribution in [2.75, 3.05) is 13.6 Å². The van der Waals surface area contributed by atoms with E-state index in [1.54, 1.807) is 0 Å². The van der Waals surface area contributed by atoms with Crippen LogP contribution in [0.2, 0.25) is 0 Å². The highest BCUT2D eigenvalue weighted by molar-refractivity contribution is 5.66. The molecule has 0 aliphatic carbocycles. The zero-order valence-electron chi connectivity index (χ0n) is 7.81. The number of unbranched alkanes of at least 4 members (excludes halogenated alkanes) is 4. The summed E-state index contributed by atoms with van der Waals surface area (Å²) in [4.78, 5) is 10.1. The summed E-state index contributed by atoms with van der Waals surface area (Å²) in [6, 6.07) is 0. The Morgan fingerprint density at radius 2 is 1.75 bits per heavy atom. The lowest BCUT2D eigenvalue weighted by atomic mass is 10.1. The van der Waals surface area contributed by atoms with Crippen LogP contribution < -0.4 is 5.32 Å². The third-order valence-corrected chi connectivity index (χ3v) is 1.82. The van der Waals surface area contributed by atoms with E-state index in [1.807, 2.05) is 7.05 Å². The first-order valence-electron chi connectivity index (χ1n) is 4.63. The quantitative estimate of drug-likeness (QED) is 0.548.